The third-order valence-electron chi connectivity index (χ3n) is 1.57. The van der Waals surface area contributed by atoms with Crippen molar-refractivity contribution >= 4 is 10.1 Å². The molecule has 0 radical (unpaired) electrons. The first-order chi connectivity index (χ1) is 7.74. The zero-order valence-electron chi connectivity index (χ0n) is 7.47. The van der Waals surface area contributed by atoms with E-state index in [9.17, 15) is 30.4 Å². The van der Waals surface area contributed by atoms with Crippen LogP contribution < -0.4 is 0 Å². The maximum atomic E-state index is 12.9. The third-order valence-corrected chi connectivity index (χ3v) is 2.72. The van der Waals surface area contributed by atoms with Crippen LogP contribution in [-0.4, -0.2) is 8.42 Å². The van der Waals surface area contributed by atoms with Crippen LogP contribution in [0, 0.1) is 40.6 Å². The van der Waals surface area contributed by atoms with E-state index in [1.807, 2.05) is 0 Å². The van der Waals surface area contributed by atoms with Crippen LogP contribution in [0.3, 0.4) is 0 Å². The molecule has 0 unspecified atom stereocenters. The Labute approximate surface area is 91.0 Å². The lowest BCUT2D eigenvalue weighted by Crippen LogP contribution is -2.13. The van der Waals surface area contributed by atoms with Crippen molar-refractivity contribution in [1.82, 2.24) is 0 Å². The van der Waals surface area contributed by atoms with E-state index in [2.05, 4.69) is 4.18 Å². The summed E-state index contributed by atoms with van der Waals surface area (Å²) in [5.74, 6) is -12.6. The molecule has 0 saturated carbocycles. The molecule has 0 aliphatic carbocycles. The molecule has 0 amide bonds. The van der Waals surface area contributed by atoms with Crippen LogP contribution in [0.1, 0.15) is 0 Å². The van der Waals surface area contributed by atoms with Gasteiger partial charge in [0.25, 0.3) is 0 Å². The second-order valence-corrected chi connectivity index (χ2v) is 4.01. The first-order valence-electron chi connectivity index (χ1n) is 3.58. The molecule has 0 heterocycles. The quantitative estimate of drug-likeness (QED) is 0.270. The van der Waals surface area contributed by atoms with Gasteiger partial charge in [0.2, 0.25) is 5.82 Å². The summed E-state index contributed by atoms with van der Waals surface area (Å²) in [4.78, 5) is -2.21. The highest BCUT2D eigenvalue weighted by Gasteiger charge is 2.34. The second kappa shape index (κ2) is 4.17. The van der Waals surface area contributed by atoms with Crippen molar-refractivity contribution in [2.75, 3.05) is 0 Å². The summed E-state index contributed by atoms with van der Waals surface area (Å²) in [6.45, 7) is 0. The van der Waals surface area contributed by atoms with Crippen LogP contribution in [0.25, 0.3) is 0 Å². The Kier molecular flexibility index (Phi) is 3.23. The SMILES string of the molecule is N#COS(=O)(=O)c1c(F)c(F)c(F)c(F)c1F. The molecule has 0 aromatic heterocycles. The summed E-state index contributed by atoms with van der Waals surface area (Å²) >= 11 is 0. The zero-order chi connectivity index (χ0) is 13.4. The van der Waals surface area contributed by atoms with E-state index in [0.29, 0.717) is 6.26 Å². The summed E-state index contributed by atoms with van der Waals surface area (Å²) in [7, 11) is -5.39. The molecule has 1 rings (SSSR count). The molecule has 0 fully saturated rings. The van der Waals surface area contributed by atoms with Gasteiger partial charge in [-0.1, -0.05) is 0 Å². The molecule has 10 heteroatoms. The predicted molar refractivity (Wildman–Crippen MR) is 40.1 cm³/mol. The molecule has 0 N–H and O–H groups in total. The lowest BCUT2D eigenvalue weighted by atomic mass is 10.3. The van der Waals surface area contributed by atoms with E-state index in [4.69, 9.17) is 5.26 Å². The van der Waals surface area contributed by atoms with Crippen LogP contribution in [-0.2, 0) is 14.3 Å². The van der Waals surface area contributed by atoms with Crippen molar-refractivity contribution in [2.45, 2.75) is 4.90 Å². The lowest BCUT2D eigenvalue weighted by molar-refractivity contribution is 0.350. The minimum absolute atomic E-state index is 0.554. The Balaban J connectivity index is 3.75. The van der Waals surface area contributed by atoms with Gasteiger partial charge in [0.05, 0.1) is 0 Å². The van der Waals surface area contributed by atoms with Gasteiger partial charge in [-0.05, 0) is 0 Å². The fourth-order valence-corrected chi connectivity index (χ4v) is 1.69. The molecule has 0 aliphatic heterocycles. The van der Waals surface area contributed by atoms with Gasteiger partial charge in [-0.2, -0.15) is 8.42 Å². The Morgan fingerprint density at radius 3 is 1.59 bits per heavy atom. The van der Waals surface area contributed by atoms with Gasteiger partial charge in [0.1, 0.15) is 0 Å². The lowest BCUT2D eigenvalue weighted by Gasteiger charge is -2.06. The van der Waals surface area contributed by atoms with Gasteiger partial charge in [0.15, 0.2) is 28.2 Å². The topological polar surface area (TPSA) is 67.2 Å². The molecule has 1 aromatic carbocycles. The summed E-state index contributed by atoms with van der Waals surface area (Å²) < 4.78 is 88.7. The van der Waals surface area contributed by atoms with Gasteiger partial charge in [-0.3, -0.25) is 4.18 Å². The van der Waals surface area contributed by atoms with E-state index >= 15 is 0 Å². The molecule has 4 nitrogen and oxygen atoms in total. The Hall–Kier alpha value is -1.89. The van der Waals surface area contributed by atoms with Crippen molar-refractivity contribution in [1.29, 1.82) is 5.26 Å². The molecule has 0 atom stereocenters. The minimum Gasteiger partial charge on any atom is -0.299 e. The molecule has 0 bridgehead atoms. The number of halogens is 5. The highest BCUT2D eigenvalue weighted by atomic mass is 32.2. The van der Waals surface area contributed by atoms with Crippen LogP contribution in [0.5, 0.6) is 0 Å². The first kappa shape index (κ1) is 13.2. The van der Waals surface area contributed by atoms with Crippen molar-refractivity contribution < 1.29 is 34.6 Å². The van der Waals surface area contributed by atoms with E-state index in [1.165, 1.54) is 0 Å². The van der Waals surface area contributed by atoms with Gasteiger partial charge in [-0.15, -0.1) is 5.26 Å². The standard InChI is InChI=1S/C7F5NO3S/c8-2-3(9)5(11)7(6(12)4(2)10)17(14,15)16-1-13. The number of rotatable bonds is 2. The van der Waals surface area contributed by atoms with Crippen molar-refractivity contribution in [2.24, 2.45) is 0 Å². The molecule has 0 spiro atoms. The zero-order valence-corrected chi connectivity index (χ0v) is 8.29. The fourth-order valence-electron chi connectivity index (χ4n) is 0.895. The normalized spacial score (nSPS) is 11.1. The smallest absolute Gasteiger partial charge is 0.299 e. The fraction of sp³-hybridized carbons (Fsp3) is 0. The Morgan fingerprint density at radius 1 is 0.882 bits per heavy atom. The summed E-state index contributed by atoms with van der Waals surface area (Å²) in [5, 5.41) is 7.88. The summed E-state index contributed by atoms with van der Waals surface area (Å²) in [5.41, 5.74) is 0. The molecule has 92 valence electrons. The number of hydrogen-bond acceptors (Lipinski definition) is 4. The van der Waals surface area contributed by atoms with Gasteiger partial charge < -0.3 is 0 Å². The average molecular weight is 273 g/mol. The summed E-state index contributed by atoms with van der Waals surface area (Å²) in [6, 6.07) is 0. The summed E-state index contributed by atoms with van der Waals surface area (Å²) in [6.07, 6.45) is 0.554. The maximum absolute atomic E-state index is 12.9. The second-order valence-electron chi connectivity index (χ2n) is 2.53. The Bertz CT molecular complexity index is 592. The van der Waals surface area contributed by atoms with Crippen LogP contribution in [0.4, 0.5) is 22.0 Å². The molecule has 17 heavy (non-hydrogen) atoms. The Morgan fingerprint density at radius 2 is 1.24 bits per heavy atom. The number of nitriles is 1. The molecule has 0 aliphatic rings. The third kappa shape index (κ3) is 2.01. The number of nitrogens with zero attached hydrogens (tertiary/aromatic N) is 1. The molecule has 0 saturated heterocycles. The van der Waals surface area contributed by atoms with Crippen molar-refractivity contribution in [3.63, 3.8) is 0 Å². The predicted octanol–water partition coefficient (Wildman–Crippen LogP) is 1.57. The molecule has 1 aromatic rings. The van der Waals surface area contributed by atoms with E-state index < -0.39 is 44.1 Å². The first-order valence-corrected chi connectivity index (χ1v) is 4.99. The maximum Gasteiger partial charge on any atom is 0.354 e. The van der Waals surface area contributed by atoms with Crippen LogP contribution in [0.15, 0.2) is 4.90 Å². The van der Waals surface area contributed by atoms with E-state index in [-0.39, 0.29) is 0 Å². The van der Waals surface area contributed by atoms with E-state index in [0.717, 1.165) is 0 Å². The van der Waals surface area contributed by atoms with Gasteiger partial charge in [0, 0.05) is 0 Å². The van der Waals surface area contributed by atoms with Gasteiger partial charge >= 0.3 is 16.4 Å². The monoisotopic (exact) mass is 273 g/mol. The van der Waals surface area contributed by atoms with Crippen LogP contribution >= 0.6 is 0 Å². The molecular weight excluding hydrogens is 273 g/mol. The highest BCUT2D eigenvalue weighted by molar-refractivity contribution is 7.86. The number of hydrogen-bond donors (Lipinski definition) is 0. The van der Waals surface area contributed by atoms with Crippen molar-refractivity contribution in [3.8, 4) is 6.26 Å². The van der Waals surface area contributed by atoms with E-state index in [1.54, 1.807) is 0 Å². The van der Waals surface area contributed by atoms with Crippen molar-refractivity contribution in [3.05, 3.63) is 29.1 Å². The number of benzene rings is 1. The van der Waals surface area contributed by atoms with Gasteiger partial charge in [-0.25, -0.2) is 22.0 Å². The van der Waals surface area contributed by atoms with Crippen LogP contribution in [0.2, 0.25) is 0 Å². The largest absolute Gasteiger partial charge is 0.354 e. The molecular formula is C7F5NO3S. The minimum atomic E-state index is -5.39. The average Bonchev–Trinajstić information content (AvgIpc) is 2.23. The highest BCUT2D eigenvalue weighted by Crippen LogP contribution is 2.27.